The number of rotatable bonds is 14. The minimum Gasteiger partial charge on any atom is -0.485 e. The summed E-state index contributed by atoms with van der Waals surface area (Å²) in [5.41, 5.74) is 7.81. The fourth-order valence-electron chi connectivity index (χ4n) is 8.21. The predicted molar refractivity (Wildman–Crippen MR) is 265 cm³/mol. The van der Waals surface area contributed by atoms with E-state index in [-0.39, 0.29) is 11.9 Å². The maximum Gasteiger partial charge on any atom is 0.193 e. The molecule has 0 radical (unpaired) electrons. The van der Waals surface area contributed by atoms with E-state index in [1.165, 1.54) is 0 Å². The van der Waals surface area contributed by atoms with Crippen molar-refractivity contribution in [3.8, 4) is 73.6 Å². The zero-order valence-electron chi connectivity index (χ0n) is 36.0. The molecule has 0 heterocycles. The average molecular weight is 857 g/mol. The van der Waals surface area contributed by atoms with Crippen molar-refractivity contribution in [2.24, 2.45) is 0 Å². The molecule has 1 atom stereocenters. The summed E-state index contributed by atoms with van der Waals surface area (Å²) in [7, 11) is 0. The van der Waals surface area contributed by atoms with Crippen LogP contribution in [0.15, 0.2) is 249 Å². The van der Waals surface area contributed by atoms with E-state index in [0.717, 1.165) is 50.3 Å². The van der Waals surface area contributed by atoms with Crippen molar-refractivity contribution in [2.45, 2.75) is 12.5 Å². The third-order valence-corrected chi connectivity index (χ3v) is 11.4. The number of allylic oxidation sites excluding steroid dienone is 2. The normalized spacial score (nSPS) is 13.0. The molecule has 0 aromatic heterocycles. The Kier molecular flexibility index (Phi) is 12.1. The van der Waals surface area contributed by atoms with Gasteiger partial charge in [-0.3, -0.25) is 4.79 Å². The Morgan fingerprint density at radius 1 is 0.379 bits per heavy atom. The third kappa shape index (κ3) is 9.47. The Hall–Kier alpha value is -8.67. The van der Waals surface area contributed by atoms with E-state index in [0.29, 0.717) is 52.0 Å². The second kappa shape index (κ2) is 19.4. The van der Waals surface area contributed by atoms with Crippen LogP contribution in [0.1, 0.15) is 27.9 Å². The van der Waals surface area contributed by atoms with Gasteiger partial charge in [-0.15, -0.1) is 0 Å². The second-order valence-electron chi connectivity index (χ2n) is 15.9. The van der Waals surface area contributed by atoms with Gasteiger partial charge < -0.3 is 18.9 Å². The number of carbonyl (C=O) groups is 1. The number of ketones is 1. The number of para-hydroxylation sites is 7. The van der Waals surface area contributed by atoms with Gasteiger partial charge in [0, 0.05) is 34.2 Å². The number of ether oxygens (including phenoxy) is 4. The maximum atomic E-state index is 15.6. The first-order valence-corrected chi connectivity index (χ1v) is 22.0. The monoisotopic (exact) mass is 856 g/mol. The lowest BCUT2D eigenvalue weighted by Gasteiger charge is -2.24. The molecule has 9 aromatic carbocycles. The molecule has 10 rings (SSSR count). The molecule has 1 aliphatic rings. The van der Waals surface area contributed by atoms with Gasteiger partial charge in [0.25, 0.3) is 0 Å². The highest BCUT2D eigenvalue weighted by atomic mass is 16.5. The molecule has 5 heteroatoms. The summed E-state index contributed by atoms with van der Waals surface area (Å²) < 4.78 is 26.2. The van der Waals surface area contributed by atoms with Crippen molar-refractivity contribution in [1.82, 2.24) is 0 Å². The minimum atomic E-state index is -0.288. The molecule has 0 amide bonds. The summed E-state index contributed by atoms with van der Waals surface area (Å²) in [6.07, 6.45) is 6.64. The summed E-state index contributed by atoms with van der Waals surface area (Å²) in [6, 6.07) is 74.9. The Bertz CT molecular complexity index is 3070. The van der Waals surface area contributed by atoms with Gasteiger partial charge in [0.2, 0.25) is 0 Å². The van der Waals surface area contributed by atoms with Gasteiger partial charge in [0.05, 0.1) is 0 Å². The Morgan fingerprint density at radius 2 is 0.727 bits per heavy atom. The molecule has 1 unspecified atom stereocenters. The molecule has 9 aromatic rings. The van der Waals surface area contributed by atoms with E-state index in [1.54, 1.807) is 0 Å². The molecule has 0 fully saturated rings. The van der Waals surface area contributed by atoms with Gasteiger partial charge >= 0.3 is 0 Å². The summed E-state index contributed by atoms with van der Waals surface area (Å²) in [5, 5.41) is 0. The maximum absolute atomic E-state index is 15.6. The quantitative estimate of drug-likeness (QED) is 0.102. The molecule has 0 bridgehead atoms. The summed E-state index contributed by atoms with van der Waals surface area (Å²) in [5.74, 6) is 4.74. The van der Waals surface area contributed by atoms with Crippen molar-refractivity contribution in [1.29, 1.82) is 0 Å². The van der Waals surface area contributed by atoms with Crippen LogP contribution in [-0.2, 0) is 0 Å². The minimum absolute atomic E-state index is 0.155. The molecular formula is C61H44O5. The fourth-order valence-corrected chi connectivity index (χ4v) is 8.21. The Labute approximate surface area is 385 Å². The van der Waals surface area contributed by atoms with E-state index < -0.39 is 0 Å². The molecule has 0 saturated heterocycles. The molecule has 66 heavy (non-hydrogen) atoms. The van der Waals surface area contributed by atoms with Crippen LogP contribution in [0.3, 0.4) is 0 Å². The smallest absolute Gasteiger partial charge is 0.193 e. The van der Waals surface area contributed by atoms with Crippen LogP contribution in [0.5, 0.6) is 40.2 Å². The first kappa shape index (κ1) is 41.3. The molecular weight excluding hydrogens is 813 g/mol. The molecule has 0 spiro atoms. The first-order chi connectivity index (χ1) is 32.6. The van der Waals surface area contributed by atoms with E-state index in [9.17, 15) is 0 Å². The number of benzene rings is 9. The highest BCUT2D eigenvalue weighted by Gasteiger charge is 2.24. The van der Waals surface area contributed by atoms with E-state index in [1.807, 2.05) is 218 Å². The summed E-state index contributed by atoms with van der Waals surface area (Å²) in [4.78, 5) is 15.6. The largest absolute Gasteiger partial charge is 0.485 e. The Morgan fingerprint density at radius 3 is 1.15 bits per heavy atom. The first-order valence-electron chi connectivity index (χ1n) is 22.0. The lowest BCUT2D eigenvalue weighted by Crippen LogP contribution is -2.20. The van der Waals surface area contributed by atoms with Gasteiger partial charge in [-0.25, -0.2) is 0 Å². The van der Waals surface area contributed by atoms with Crippen LogP contribution in [0.2, 0.25) is 0 Å². The van der Waals surface area contributed by atoms with Crippen LogP contribution < -0.4 is 18.9 Å². The van der Waals surface area contributed by atoms with Gasteiger partial charge in [0.1, 0.15) is 46.4 Å². The standard InChI is InChI=1S/C61H44O5/c62-61(47-39-43(53-29-13-17-33-57(53)63-49-21-5-1-6-22-49)37-44(40-47)54-30-14-18-34-58(54)64-50-23-7-2-8-24-50)48-41-45(55-31-15-19-35-59(55)65-51-25-9-3-10-26-51)38-46(42-48)56-32-16-20-36-60(56)66-52-27-11-4-12-28-52/h1-35,37-42,60H,36H2. The van der Waals surface area contributed by atoms with Crippen LogP contribution >= 0.6 is 0 Å². The van der Waals surface area contributed by atoms with Gasteiger partial charge in [0.15, 0.2) is 5.78 Å². The SMILES string of the molecule is O=C(c1cc(C2=CC=CCC2Oc2ccccc2)cc(-c2ccccc2Oc2ccccc2)c1)c1cc(-c2ccccc2Oc2ccccc2)cc(-c2ccccc2Oc2ccccc2)c1. The van der Waals surface area contributed by atoms with E-state index >= 15 is 4.79 Å². The highest BCUT2D eigenvalue weighted by molar-refractivity contribution is 6.11. The Balaban J connectivity index is 1.13. The van der Waals surface area contributed by atoms with Gasteiger partial charge in [-0.05, 0) is 131 Å². The van der Waals surface area contributed by atoms with Crippen molar-refractivity contribution in [3.05, 3.63) is 265 Å². The van der Waals surface area contributed by atoms with Crippen LogP contribution in [0.25, 0.3) is 39.0 Å². The molecule has 1 aliphatic carbocycles. The fraction of sp³-hybridized carbons (Fsp3) is 0.0328. The lowest BCUT2D eigenvalue weighted by molar-refractivity contribution is 0.103. The van der Waals surface area contributed by atoms with Gasteiger partial charge in [-0.1, -0.05) is 146 Å². The molecule has 0 saturated carbocycles. The van der Waals surface area contributed by atoms with E-state index in [4.69, 9.17) is 18.9 Å². The second-order valence-corrected chi connectivity index (χ2v) is 15.9. The van der Waals surface area contributed by atoms with Crippen molar-refractivity contribution < 1.29 is 23.7 Å². The van der Waals surface area contributed by atoms with Crippen molar-refractivity contribution in [3.63, 3.8) is 0 Å². The zero-order chi connectivity index (χ0) is 44.5. The molecule has 0 aliphatic heterocycles. The number of hydrogen-bond acceptors (Lipinski definition) is 5. The topological polar surface area (TPSA) is 54.0 Å². The summed E-state index contributed by atoms with van der Waals surface area (Å²) >= 11 is 0. The van der Waals surface area contributed by atoms with Crippen LogP contribution in [0, 0.1) is 0 Å². The molecule has 318 valence electrons. The van der Waals surface area contributed by atoms with E-state index in [2.05, 4.69) is 30.4 Å². The number of hydrogen-bond donors (Lipinski definition) is 0. The van der Waals surface area contributed by atoms with Crippen molar-refractivity contribution >= 4 is 11.4 Å². The number of carbonyl (C=O) groups excluding carboxylic acids is 1. The zero-order valence-corrected chi connectivity index (χ0v) is 36.0. The highest BCUT2D eigenvalue weighted by Crippen LogP contribution is 2.42. The molecule has 0 N–H and O–H groups in total. The van der Waals surface area contributed by atoms with Gasteiger partial charge in [-0.2, -0.15) is 0 Å². The lowest BCUT2D eigenvalue weighted by atomic mass is 9.87. The van der Waals surface area contributed by atoms with Crippen molar-refractivity contribution in [2.75, 3.05) is 0 Å². The predicted octanol–water partition coefficient (Wildman–Crippen LogP) is 16.1. The average Bonchev–Trinajstić information content (AvgIpc) is 3.38. The van der Waals surface area contributed by atoms with Crippen LogP contribution in [0.4, 0.5) is 0 Å². The van der Waals surface area contributed by atoms with Crippen LogP contribution in [-0.4, -0.2) is 11.9 Å². The third-order valence-electron chi connectivity index (χ3n) is 11.4. The summed E-state index contributed by atoms with van der Waals surface area (Å²) in [6.45, 7) is 0. The molecule has 5 nitrogen and oxygen atoms in total.